The van der Waals surface area contributed by atoms with E-state index >= 15 is 0 Å². The lowest BCUT2D eigenvalue weighted by atomic mass is 10.1. The highest BCUT2D eigenvalue weighted by Crippen LogP contribution is 2.27. The molecule has 0 aliphatic heterocycles. The summed E-state index contributed by atoms with van der Waals surface area (Å²) in [5.74, 6) is -1.25. The van der Waals surface area contributed by atoms with Crippen molar-refractivity contribution in [2.45, 2.75) is 6.10 Å². The Hall–Kier alpha value is -3.46. The molecule has 0 fully saturated rings. The molecule has 1 amide bonds. The maximum Gasteiger partial charge on any atom is 0.339 e. The number of rotatable bonds is 9. The number of nitrogens with one attached hydrogen (secondary N) is 1. The third kappa shape index (κ3) is 5.76. The zero-order valence-corrected chi connectivity index (χ0v) is 16.5. The van der Waals surface area contributed by atoms with Gasteiger partial charge in [0, 0.05) is 39.4 Å². The molecule has 9 heteroatoms. The van der Waals surface area contributed by atoms with E-state index in [0.717, 1.165) is 6.07 Å². The predicted molar refractivity (Wildman–Crippen MR) is 107 cm³/mol. The number of anilines is 1. The minimum Gasteiger partial charge on any atom is -0.444 e. The van der Waals surface area contributed by atoms with E-state index < -0.39 is 22.9 Å². The number of benzene rings is 2. The maximum atomic E-state index is 12.6. The molecule has 9 nitrogen and oxygen atoms in total. The standard InChI is InChI=1S/C20H23N3O6/c1-22(2)19(24)18(14-7-5-4-6-8-14)29-20(25)15-9-10-16(21-11-12-28-3)17(13-15)23(26)27/h4-10,13,18,21H,11-12H2,1-3H3/t18-/m0/s1. The lowest BCUT2D eigenvalue weighted by Crippen LogP contribution is -2.31. The Balaban J connectivity index is 2.28. The van der Waals surface area contributed by atoms with E-state index in [1.54, 1.807) is 44.4 Å². The van der Waals surface area contributed by atoms with E-state index in [0.29, 0.717) is 18.7 Å². The fourth-order valence-electron chi connectivity index (χ4n) is 2.55. The monoisotopic (exact) mass is 401 g/mol. The second-order valence-electron chi connectivity index (χ2n) is 6.34. The van der Waals surface area contributed by atoms with Crippen molar-refractivity contribution in [2.75, 3.05) is 39.7 Å². The number of nitro benzene ring substituents is 1. The van der Waals surface area contributed by atoms with Gasteiger partial charge in [0.1, 0.15) is 5.69 Å². The first-order chi connectivity index (χ1) is 13.8. The molecule has 0 aromatic heterocycles. The van der Waals surface area contributed by atoms with Gasteiger partial charge in [-0.3, -0.25) is 14.9 Å². The zero-order chi connectivity index (χ0) is 21.4. The predicted octanol–water partition coefficient (Wildman–Crippen LogP) is 2.64. The van der Waals surface area contributed by atoms with E-state index in [1.807, 2.05) is 0 Å². The van der Waals surface area contributed by atoms with Gasteiger partial charge in [-0.05, 0) is 12.1 Å². The summed E-state index contributed by atoms with van der Waals surface area (Å²) >= 11 is 0. The molecule has 2 aromatic carbocycles. The normalized spacial score (nSPS) is 11.4. The first-order valence-electron chi connectivity index (χ1n) is 8.83. The minimum absolute atomic E-state index is 0.0264. The minimum atomic E-state index is -1.16. The first-order valence-corrected chi connectivity index (χ1v) is 8.83. The summed E-state index contributed by atoms with van der Waals surface area (Å²) in [6.07, 6.45) is -1.16. The molecule has 0 unspecified atom stereocenters. The summed E-state index contributed by atoms with van der Waals surface area (Å²) in [7, 11) is 4.63. The zero-order valence-electron chi connectivity index (χ0n) is 16.5. The molecule has 154 valence electrons. The number of hydrogen-bond acceptors (Lipinski definition) is 7. The summed E-state index contributed by atoms with van der Waals surface area (Å²) in [6, 6.07) is 12.5. The largest absolute Gasteiger partial charge is 0.444 e. The highest BCUT2D eigenvalue weighted by Gasteiger charge is 2.28. The molecule has 0 heterocycles. The van der Waals surface area contributed by atoms with Crippen LogP contribution in [-0.2, 0) is 14.3 Å². The Bertz CT molecular complexity index is 870. The van der Waals surface area contributed by atoms with E-state index in [4.69, 9.17) is 9.47 Å². The van der Waals surface area contributed by atoms with Crippen LogP contribution in [0.5, 0.6) is 0 Å². The van der Waals surface area contributed by atoms with E-state index in [-0.39, 0.29) is 16.9 Å². The Morgan fingerprint density at radius 3 is 2.45 bits per heavy atom. The van der Waals surface area contributed by atoms with Gasteiger partial charge in [-0.1, -0.05) is 30.3 Å². The third-order valence-corrected chi connectivity index (χ3v) is 4.04. The van der Waals surface area contributed by atoms with E-state index in [1.165, 1.54) is 24.1 Å². The van der Waals surface area contributed by atoms with Gasteiger partial charge in [0.2, 0.25) is 6.10 Å². The smallest absolute Gasteiger partial charge is 0.339 e. The van der Waals surface area contributed by atoms with Crippen molar-refractivity contribution in [3.63, 3.8) is 0 Å². The van der Waals surface area contributed by atoms with Crippen molar-refractivity contribution in [1.29, 1.82) is 0 Å². The van der Waals surface area contributed by atoms with Crippen LogP contribution >= 0.6 is 0 Å². The van der Waals surface area contributed by atoms with Crippen LogP contribution < -0.4 is 5.32 Å². The second-order valence-corrected chi connectivity index (χ2v) is 6.34. The van der Waals surface area contributed by atoms with Crippen LogP contribution in [0, 0.1) is 10.1 Å². The van der Waals surface area contributed by atoms with Crippen molar-refractivity contribution in [3.05, 3.63) is 69.8 Å². The molecule has 0 spiro atoms. The van der Waals surface area contributed by atoms with Gasteiger partial charge in [0.15, 0.2) is 0 Å². The summed E-state index contributed by atoms with van der Waals surface area (Å²) in [6.45, 7) is 0.737. The van der Waals surface area contributed by atoms with Gasteiger partial charge >= 0.3 is 5.97 Å². The van der Waals surface area contributed by atoms with Crippen LogP contribution in [0.15, 0.2) is 48.5 Å². The fraction of sp³-hybridized carbons (Fsp3) is 0.300. The summed E-state index contributed by atoms with van der Waals surface area (Å²) < 4.78 is 10.3. The Labute approximate surface area is 168 Å². The van der Waals surface area contributed by atoms with E-state index in [2.05, 4.69) is 5.32 Å². The fourth-order valence-corrected chi connectivity index (χ4v) is 2.55. The quantitative estimate of drug-likeness (QED) is 0.298. The van der Waals surface area contributed by atoms with Crippen LogP contribution in [0.3, 0.4) is 0 Å². The highest BCUT2D eigenvalue weighted by atomic mass is 16.6. The molecule has 0 saturated carbocycles. The molecule has 1 atom stereocenters. The number of methoxy groups -OCH3 is 1. The van der Waals surface area contributed by atoms with Crippen LogP contribution in [0.2, 0.25) is 0 Å². The number of carbonyl (C=O) groups excluding carboxylic acids is 2. The summed E-state index contributed by atoms with van der Waals surface area (Å²) in [5.41, 5.74) is 0.465. The highest BCUT2D eigenvalue weighted by molar-refractivity contribution is 5.94. The second kappa shape index (κ2) is 10.2. The molecular weight excluding hydrogens is 378 g/mol. The Kier molecular flexibility index (Phi) is 7.67. The Morgan fingerprint density at radius 2 is 1.86 bits per heavy atom. The lowest BCUT2D eigenvalue weighted by molar-refractivity contribution is -0.384. The number of nitro groups is 1. The molecule has 2 aromatic rings. The number of amides is 1. The molecular formula is C20H23N3O6. The third-order valence-electron chi connectivity index (χ3n) is 4.04. The molecule has 0 aliphatic rings. The van der Waals surface area contributed by atoms with Crippen LogP contribution in [0.25, 0.3) is 0 Å². The SMILES string of the molecule is COCCNc1ccc(C(=O)O[C@H](C(=O)N(C)C)c2ccccc2)cc1[N+](=O)[O-]. The van der Waals surface area contributed by atoms with Crippen molar-refractivity contribution < 1.29 is 24.0 Å². The molecule has 0 aliphatic carbocycles. The molecule has 0 radical (unpaired) electrons. The number of nitrogens with zero attached hydrogens (tertiary/aromatic N) is 2. The van der Waals surface area contributed by atoms with Crippen LogP contribution in [0.4, 0.5) is 11.4 Å². The molecule has 1 N–H and O–H groups in total. The number of ether oxygens (including phenoxy) is 2. The summed E-state index contributed by atoms with van der Waals surface area (Å²) in [4.78, 5) is 37.3. The van der Waals surface area contributed by atoms with Crippen molar-refractivity contribution in [3.8, 4) is 0 Å². The van der Waals surface area contributed by atoms with Crippen LogP contribution in [0.1, 0.15) is 22.0 Å². The van der Waals surface area contributed by atoms with Gasteiger partial charge < -0.3 is 19.7 Å². The molecule has 2 rings (SSSR count). The van der Waals surface area contributed by atoms with Crippen molar-refractivity contribution in [1.82, 2.24) is 4.90 Å². The average molecular weight is 401 g/mol. The number of carbonyl (C=O) groups is 2. The topological polar surface area (TPSA) is 111 Å². The average Bonchev–Trinajstić information content (AvgIpc) is 2.72. The van der Waals surface area contributed by atoms with Crippen molar-refractivity contribution in [2.24, 2.45) is 0 Å². The number of hydrogen-bond donors (Lipinski definition) is 1. The summed E-state index contributed by atoms with van der Waals surface area (Å²) in [5, 5.41) is 14.3. The van der Waals surface area contributed by atoms with Gasteiger partial charge in [0.05, 0.1) is 17.1 Å². The van der Waals surface area contributed by atoms with E-state index in [9.17, 15) is 19.7 Å². The molecule has 0 bridgehead atoms. The van der Waals surface area contributed by atoms with Crippen LogP contribution in [-0.4, -0.2) is 56.1 Å². The number of likely N-dealkylation sites (N-methyl/N-ethyl adjacent to an activating group) is 1. The van der Waals surface area contributed by atoms with Gasteiger partial charge in [-0.2, -0.15) is 0 Å². The lowest BCUT2D eigenvalue weighted by Gasteiger charge is -2.21. The van der Waals surface area contributed by atoms with Gasteiger partial charge in [0.25, 0.3) is 11.6 Å². The van der Waals surface area contributed by atoms with Gasteiger partial charge in [-0.15, -0.1) is 0 Å². The maximum absolute atomic E-state index is 12.6. The van der Waals surface area contributed by atoms with Gasteiger partial charge in [-0.25, -0.2) is 4.79 Å². The first kappa shape index (κ1) is 21.8. The Morgan fingerprint density at radius 1 is 1.17 bits per heavy atom. The molecule has 0 saturated heterocycles. The number of esters is 1. The van der Waals surface area contributed by atoms with Crippen molar-refractivity contribution >= 4 is 23.3 Å². The molecule has 29 heavy (non-hydrogen) atoms.